The highest BCUT2D eigenvalue weighted by Gasteiger charge is 2.29. The summed E-state index contributed by atoms with van der Waals surface area (Å²) in [5.74, 6) is 1.72. The Balaban J connectivity index is 2.08. The van der Waals surface area contributed by atoms with Crippen LogP contribution in [0.5, 0.6) is 0 Å². The summed E-state index contributed by atoms with van der Waals surface area (Å²) in [4.78, 5) is 88.9. The van der Waals surface area contributed by atoms with Gasteiger partial charge in [0.2, 0.25) is 17.7 Å². The molecule has 0 aromatic heterocycles. The van der Waals surface area contributed by atoms with Crippen molar-refractivity contribution in [2.24, 2.45) is 11.7 Å². The van der Waals surface area contributed by atoms with Gasteiger partial charge in [0.1, 0.15) is 12.1 Å². The molecule has 0 bridgehead atoms. The van der Waals surface area contributed by atoms with Crippen LogP contribution in [0.25, 0.3) is 0 Å². The molecule has 1 aliphatic rings. The molecule has 51 heavy (non-hydrogen) atoms. The molecule has 8 amide bonds. The van der Waals surface area contributed by atoms with Gasteiger partial charge in [0.05, 0.1) is 32.8 Å². The molecule has 0 radical (unpaired) electrons. The third kappa shape index (κ3) is 14.3. The van der Waals surface area contributed by atoms with Gasteiger partial charge >= 0.3 is 12.1 Å². The molecular formula is C35H45N7O9. The lowest BCUT2D eigenvalue weighted by Gasteiger charge is -2.25. The van der Waals surface area contributed by atoms with Gasteiger partial charge < -0.3 is 36.5 Å². The van der Waals surface area contributed by atoms with Gasteiger partial charge in [-0.2, -0.15) is 0 Å². The summed E-state index contributed by atoms with van der Waals surface area (Å²) < 4.78 is 10.4. The summed E-state index contributed by atoms with van der Waals surface area (Å²) in [5.41, 5.74) is 6.99. The maximum atomic E-state index is 13.6. The van der Waals surface area contributed by atoms with Gasteiger partial charge in [-0.25, -0.2) is 9.59 Å². The number of hydrogen-bond acceptors (Lipinski definition) is 9. The van der Waals surface area contributed by atoms with E-state index in [1.807, 2.05) is 6.92 Å². The first kappa shape index (κ1) is 41.3. The Kier molecular flexibility index (Phi) is 17.2. The number of primary amides is 1. The highest BCUT2D eigenvalue weighted by atomic mass is 16.6. The fourth-order valence-electron chi connectivity index (χ4n) is 4.75. The molecule has 0 aliphatic carbocycles. The first-order chi connectivity index (χ1) is 24.3. The molecule has 16 nitrogen and oxygen atoms in total. The van der Waals surface area contributed by atoms with Crippen molar-refractivity contribution in [3.05, 3.63) is 41.5 Å². The van der Waals surface area contributed by atoms with Crippen molar-refractivity contribution in [3.8, 4) is 24.7 Å². The van der Waals surface area contributed by atoms with E-state index in [9.17, 15) is 33.6 Å². The highest BCUT2D eigenvalue weighted by molar-refractivity contribution is 6.12. The number of nitrogens with two attached hydrogens (primary N) is 1. The quantitative estimate of drug-likeness (QED) is 0.0725. The van der Waals surface area contributed by atoms with Gasteiger partial charge in [-0.15, -0.1) is 12.8 Å². The van der Waals surface area contributed by atoms with Crippen LogP contribution in [-0.2, 0) is 40.0 Å². The molecule has 2 atom stereocenters. The minimum atomic E-state index is -1.08. The SMILES string of the molecule is C#CCOC(=O)N(CC#C)Cc1cc(NC(=O)[C@H](CCCNC(N)=O)NC(=O)[C@@H](NC(=O)CCOCCN2C(=O)C=CC2=O)C(C)C)ccc1C. The van der Waals surface area contributed by atoms with Gasteiger partial charge in [0.15, 0.2) is 6.61 Å². The summed E-state index contributed by atoms with van der Waals surface area (Å²) in [5, 5.41) is 10.6. The van der Waals surface area contributed by atoms with E-state index in [1.165, 1.54) is 17.1 Å². The van der Waals surface area contributed by atoms with E-state index in [-0.39, 0.29) is 71.2 Å². The molecule has 274 valence electrons. The number of ether oxygens (including phenoxy) is 2. The molecule has 2 rings (SSSR count). The molecule has 1 aromatic rings. The zero-order valence-corrected chi connectivity index (χ0v) is 29.0. The number of benzene rings is 1. The molecule has 0 saturated heterocycles. The van der Waals surface area contributed by atoms with Gasteiger partial charge in [-0.1, -0.05) is 31.8 Å². The lowest BCUT2D eigenvalue weighted by molar-refractivity contribution is -0.138. The minimum absolute atomic E-state index is 0.0229. The number of hydrogen-bond donors (Lipinski definition) is 5. The third-order valence-electron chi connectivity index (χ3n) is 7.50. The van der Waals surface area contributed by atoms with Crippen molar-refractivity contribution in [1.29, 1.82) is 0 Å². The van der Waals surface area contributed by atoms with E-state index < -0.39 is 53.7 Å². The minimum Gasteiger partial charge on any atom is -0.436 e. The molecule has 0 fully saturated rings. The number of aryl methyl sites for hydroxylation is 1. The topological polar surface area (TPSA) is 219 Å². The van der Waals surface area contributed by atoms with E-state index in [1.54, 1.807) is 32.0 Å². The maximum Gasteiger partial charge on any atom is 0.411 e. The lowest BCUT2D eigenvalue weighted by atomic mass is 10.0. The predicted molar refractivity (Wildman–Crippen MR) is 186 cm³/mol. The number of amides is 8. The van der Waals surface area contributed by atoms with E-state index >= 15 is 0 Å². The lowest BCUT2D eigenvalue weighted by Crippen LogP contribution is -2.54. The number of nitrogens with one attached hydrogen (secondary N) is 4. The van der Waals surface area contributed by atoms with E-state index in [0.717, 1.165) is 10.5 Å². The van der Waals surface area contributed by atoms with Gasteiger partial charge in [0, 0.05) is 30.8 Å². The van der Waals surface area contributed by atoms with Crippen molar-refractivity contribution in [3.63, 3.8) is 0 Å². The Morgan fingerprint density at radius 1 is 1.00 bits per heavy atom. The highest BCUT2D eigenvalue weighted by Crippen LogP contribution is 2.19. The number of nitrogens with zero attached hydrogens (tertiary/aromatic N) is 2. The van der Waals surface area contributed by atoms with Gasteiger partial charge in [0.25, 0.3) is 11.8 Å². The number of carbonyl (C=O) groups excluding carboxylic acids is 7. The Morgan fingerprint density at radius 2 is 1.71 bits per heavy atom. The van der Waals surface area contributed by atoms with Gasteiger partial charge in [-0.05, 0) is 48.9 Å². The van der Waals surface area contributed by atoms with Crippen LogP contribution in [0.15, 0.2) is 30.4 Å². The summed E-state index contributed by atoms with van der Waals surface area (Å²) in [7, 11) is 0. The molecule has 0 spiro atoms. The summed E-state index contributed by atoms with van der Waals surface area (Å²) in [6.07, 6.45) is 12.5. The summed E-state index contributed by atoms with van der Waals surface area (Å²) in [6.45, 7) is 5.26. The maximum absolute atomic E-state index is 13.6. The smallest absolute Gasteiger partial charge is 0.411 e. The molecule has 1 heterocycles. The standard InChI is InChI=1S/C35H45N7O9/c1-6-16-41(35(49)51-18-7-2)22-25-21-26(11-10-24(25)5)38-32(46)27(9-8-15-37-34(36)48)39-33(47)31(23(3)4)40-28(43)14-19-50-20-17-42-29(44)12-13-30(42)45/h1-2,10-13,21,23,27,31H,8-9,14-20,22H2,3-5H3,(H,38,46)(H,39,47)(H,40,43)(H3,36,37,48)/t27-,31-/m0/s1. The predicted octanol–water partition coefficient (Wildman–Crippen LogP) is 0.544. The van der Waals surface area contributed by atoms with Gasteiger partial charge in [-0.3, -0.25) is 33.8 Å². The van der Waals surface area contributed by atoms with Crippen LogP contribution in [0.1, 0.15) is 44.2 Å². The van der Waals surface area contributed by atoms with Crippen LogP contribution in [0, 0.1) is 37.5 Å². The van der Waals surface area contributed by atoms with Crippen molar-refractivity contribution < 1.29 is 43.0 Å². The van der Waals surface area contributed by atoms with Crippen LogP contribution < -0.4 is 27.0 Å². The normalized spacial score (nSPS) is 13.1. The number of imide groups is 1. The van der Waals surface area contributed by atoms with Crippen LogP contribution >= 0.6 is 0 Å². The van der Waals surface area contributed by atoms with Crippen molar-refractivity contribution in [2.45, 2.75) is 58.7 Å². The summed E-state index contributed by atoms with van der Waals surface area (Å²) >= 11 is 0. The van der Waals surface area contributed by atoms with Crippen molar-refractivity contribution in [1.82, 2.24) is 25.8 Å². The third-order valence-corrected chi connectivity index (χ3v) is 7.50. The number of rotatable bonds is 20. The molecular weight excluding hydrogens is 662 g/mol. The monoisotopic (exact) mass is 707 g/mol. The van der Waals surface area contributed by atoms with Crippen molar-refractivity contribution >= 4 is 47.3 Å². The average molecular weight is 708 g/mol. The van der Waals surface area contributed by atoms with E-state index in [2.05, 4.69) is 33.1 Å². The Labute approximate surface area is 297 Å². The second kappa shape index (κ2) is 21.3. The molecule has 1 aliphatic heterocycles. The second-order valence-electron chi connectivity index (χ2n) is 11.8. The van der Waals surface area contributed by atoms with Crippen LogP contribution in [-0.4, -0.2) is 103 Å². The largest absolute Gasteiger partial charge is 0.436 e. The summed E-state index contributed by atoms with van der Waals surface area (Å²) in [6, 6.07) is 2.23. The first-order valence-electron chi connectivity index (χ1n) is 16.2. The fourth-order valence-corrected chi connectivity index (χ4v) is 4.75. The first-order valence-corrected chi connectivity index (χ1v) is 16.2. The number of terminal acetylenes is 2. The molecule has 0 unspecified atom stereocenters. The fraction of sp³-hybridized carbons (Fsp3) is 0.457. The van der Waals surface area contributed by atoms with Crippen LogP contribution in [0.2, 0.25) is 0 Å². The number of anilines is 1. The second-order valence-corrected chi connectivity index (χ2v) is 11.8. The molecule has 1 aromatic carbocycles. The molecule has 16 heteroatoms. The average Bonchev–Trinajstić information content (AvgIpc) is 3.40. The van der Waals surface area contributed by atoms with Crippen LogP contribution in [0.3, 0.4) is 0 Å². The Morgan fingerprint density at radius 3 is 2.33 bits per heavy atom. The van der Waals surface area contributed by atoms with Crippen molar-refractivity contribution in [2.75, 3.05) is 44.8 Å². The zero-order chi connectivity index (χ0) is 37.9. The van der Waals surface area contributed by atoms with Crippen LogP contribution in [0.4, 0.5) is 15.3 Å². The number of carbonyl (C=O) groups is 7. The zero-order valence-electron chi connectivity index (χ0n) is 29.0. The molecule has 6 N–H and O–H groups in total. The number of urea groups is 1. The Bertz CT molecular complexity index is 1540. The van der Waals surface area contributed by atoms with E-state index in [0.29, 0.717) is 11.3 Å². The Hall–Kier alpha value is -5.87. The van der Waals surface area contributed by atoms with E-state index in [4.69, 9.17) is 28.1 Å². The molecule has 0 saturated carbocycles.